The number of nitrogens with zero attached hydrogens (tertiary/aromatic N) is 5. The normalized spacial score (nSPS) is 9.52. The van der Waals surface area contributed by atoms with Gasteiger partial charge in [-0.1, -0.05) is 155 Å². The topological polar surface area (TPSA) is 16.2 Å². The SMILES string of the molecule is CCCCN(CCCC)C(=S)[S-].CCCCN(CCCC)C(=S)[S-].CCCCN(CCCC)C(=S)[S-].CCCCN(CCCC)C(=S)[S-].CCCCN(CCCC)C(=S)[S-].[Cu+2].[Gd+3]. The van der Waals surface area contributed by atoms with Crippen LogP contribution in [0.4, 0.5) is 0 Å². The third kappa shape index (κ3) is 60.4. The Morgan fingerprint density at radius 1 is 0.258 bits per heavy atom. The van der Waals surface area contributed by atoms with Crippen molar-refractivity contribution in [1.82, 2.24) is 24.5 Å². The minimum absolute atomic E-state index is 0. The Balaban J connectivity index is -0.000000121. The molecular weight excluding hydrogens is 1150 g/mol. The Morgan fingerprint density at radius 3 is 0.387 bits per heavy atom. The van der Waals surface area contributed by atoms with E-state index >= 15 is 0 Å². The summed E-state index contributed by atoms with van der Waals surface area (Å²) in [4.78, 5) is 10.7. The average molecular weight is 1240 g/mol. The minimum atomic E-state index is 0. The standard InChI is InChI=1S/5C9H19NS2.Cu.Gd/c5*1-3-5-7-10(9(11)12)8-6-4-2;;/h5*3-8H2,1-2H3,(H,11,12);;/q;;;;;+2;+3/p-5. The molecular formula is C45H90CuGdN5S10. The van der Waals surface area contributed by atoms with Gasteiger partial charge >= 0.3 is 57.0 Å². The number of rotatable bonds is 30. The molecule has 374 valence electrons. The van der Waals surface area contributed by atoms with Crippen LogP contribution in [0.3, 0.4) is 0 Å². The van der Waals surface area contributed by atoms with Crippen molar-refractivity contribution >= 4 is 146 Å². The zero-order valence-electron chi connectivity index (χ0n) is 40.7. The molecule has 0 aliphatic heterocycles. The fourth-order valence-electron chi connectivity index (χ4n) is 4.96. The molecule has 0 rings (SSSR count). The molecule has 0 aliphatic rings. The van der Waals surface area contributed by atoms with E-state index in [0.717, 1.165) is 65.4 Å². The van der Waals surface area contributed by atoms with Gasteiger partial charge in [0.15, 0.2) is 0 Å². The summed E-state index contributed by atoms with van der Waals surface area (Å²) in [5, 5.41) is 0. The van der Waals surface area contributed by atoms with Crippen molar-refractivity contribution in [1.29, 1.82) is 0 Å². The van der Waals surface area contributed by atoms with Gasteiger partial charge in [0.05, 0.1) is 0 Å². The van der Waals surface area contributed by atoms with E-state index < -0.39 is 0 Å². The van der Waals surface area contributed by atoms with Crippen LogP contribution in [0.5, 0.6) is 0 Å². The van der Waals surface area contributed by atoms with Gasteiger partial charge in [-0.05, 0) is 64.2 Å². The maximum absolute atomic E-state index is 4.98. The van der Waals surface area contributed by atoms with E-state index in [0.29, 0.717) is 21.6 Å². The van der Waals surface area contributed by atoms with Crippen LogP contribution in [0.2, 0.25) is 0 Å². The second-order valence-electron chi connectivity index (χ2n) is 14.8. The Labute approximate surface area is 484 Å². The van der Waals surface area contributed by atoms with Crippen LogP contribution < -0.4 is 0 Å². The van der Waals surface area contributed by atoms with Crippen molar-refractivity contribution in [2.75, 3.05) is 65.4 Å². The summed E-state index contributed by atoms with van der Waals surface area (Å²) in [6.45, 7) is 32.3. The van der Waals surface area contributed by atoms with Gasteiger partial charge in [0.25, 0.3) is 0 Å². The van der Waals surface area contributed by atoms with Crippen LogP contribution in [-0.2, 0) is 80.2 Å². The summed E-state index contributed by atoms with van der Waals surface area (Å²) in [5.41, 5.74) is 0. The summed E-state index contributed by atoms with van der Waals surface area (Å²) in [6, 6.07) is 0. The third-order valence-corrected chi connectivity index (χ3v) is 11.7. The van der Waals surface area contributed by atoms with Crippen molar-refractivity contribution in [3.63, 3.8) is 0 Å². The van der Waals surface area contributed by atoms with E-state index in [1.807, 2.05) is 0 Å². The first-order chi connectivity index (χ1) is 28.6. The Kier molecular flexibility index (Phi) is 80.3. The monoisotopic (exact) mass is 1240 g/mol. The Hall–Kier alpha value is 2.39. The first-order valence-corrected chi connectivity index (χ1v) is 27.5. The number of thiocarbonyl (C=S) groups is 5. The smallest absolute Gasteiger partial charge is 0.411 e. The van der Waals surface area contributed by atoms with Gasteiger partial charge in [0.1, 0.15) is 0 Å². The maximum Gasteiger partial charge on any atom is 3.00 e. The molecule has 17 heteroatoms. The van der Waals surface area contributed by atoms with E-state index in [1.54, 1.807) is 0 Å². The number of unbranched alkanes of at least 4 members (excludes halogenated alkanes) is 10. The summed E-state index contributed by atoms with van der Waals surface area (Å²) >= 11 is 49.8. The van der Waals surface area contributed by atoms with Gasteiger partial charge in [-0.2, -0.15) is 0 Å². The van der Waals surface area contributed by atoms with Crippen molar-refractivity contribution in [2.24, 2.45) is 0 Å². The molecule has 0 amide bonds. The van der Waals surface area contributed by atoms with Gasteiger partial charge in [-0.15, -0.1) is 0 Å². The predicted molar refractivity (Wildman–Crippen MR) is 307 cm³/mol. The first kappa shape index (κ1) is 78.6. The van der Waals surface area contributed by atoms with Crippen molar-refractivity contribution in [3.05, 3.63) is 0 Å². The van der Waals surface area contributed by atoms with Gasteiger partial charge < -0.3 is 149 Å². The van der Waals surface area contributed by atoms with Crippen LogP contribution >= 0.6 is 61.1 Å². The summed E-state index contributed by atoms with van der Waals surface area (Å²) in [6.07, 6.45) is 24.0. The first-order valence-electron chi connectivity index (χ1n) is 23.4. The molecule has 0 fully saturated rings. The molecule has 5 nitrogen and oxygen atoms in total. The average Bonchev–Trinajstić information content (AvgIpc) is 3.21. The number of hydrogen-bond acceptors (Lipinski definition) is 10. The van der Waals surface area contributed by atoms with E-state index in [9.17, 15) is 0 Å². The van der Waals surface area contributed by atoms with Crippen molar-refractivity contribution in [2.45, 2.75) is 198 Å². The van der Waals surface area contributed by atoms with Crippen LogP contribution in [0.25, 0.3) is 0 Å². The number of hydrogen-bond donors (Lipinski definition) is 0. The van der Waals surface area contributed by atoms with Crippen LogP contribution in [0, 0.1) is 39.9 Å². The van der Waals surface area contributed by atoms with Crippen molar-refractivity contribution < 1.29 is 57.0 Å². The predicted octanol–water partition coefficient (Wildman–Crippen LogP) is 13.6. The van der Waals surface area contributed by atoms with E-state index in [1.165, 1.54) is 128 Å². The molecule has 0 N–H and O–H groups in total. The molecule has 0 spiro atoms. The third-order valence-electron chi connectivity index (χ3n) is 9.11. The molecule has 0 bridgehead atoms. The van der Waals surface area contributed by atoms with Gasteiger partial charge in [0.2, 0.25) is 0 Å². The second-order valence-corrected chi connectivity index (χ2v) is 20.0. The fraction of sp³-hybridized carbons (Fsp3) is 0.889. The largest absolute Gasteiger partial charge is 3.00 e. The zero-order chi connectivity index (χ0) is 47.0. The van der Waals surface area contributed by atoms with Crippen LogP contribution in [-0.4, -0.2) is 112 Å². The summed E-state index contributed by atoms with van der Waals surface area (Å²) in [5.74, 6) is 0. The minimum Gasteiger partial charge on any atom is -0.411 e. The molecule has 0 aromatic carbocycles. The van der Waals surface area contributed by atoms with Crippen LogP contribution in [0.1, 0.15) is 198 Å². The molecule has 0 aromatic rings. The fourth-order valence-corrected chi connectivity index (χ4v) is 6.79. The molecule has 0 heterocycles. The maximum atomic E-state index is 4.98. The summed E-state index contributed by atoms with van der Waals surface area (Å²) < 4.78 is 3.18. The molecule has 0 atom stereocenters. The molecule has 0 aliphatic carbocycles. The Bertz CT molecular complexity index is 777. The van der Waals surface area contributed by atoms with E-state index in [-0.39, 0.29) is 57.0 Å². The quantitative estimate of drug-likeness (QED) is 0.0386. The van der Waals surface area contributed by atoms with E-state index in [2.05, 4.69) is 93.7 Å². The van der Waals surface area contributed by atoms with Gasteiger partial charge in [-0.25, -0.2) is 0 Å². The molecule has 0 saturated carbocycles. The Morgan fingerprint density at radius 2 is 0.339 bits per heavy atom. The molecule has 0 saturated heterocycles. The van der Waals surface area contributed by atoms with Gasteiger partial charge in [-0.3, -0.25) is 0 Å². The van der Waals surface area contributed by atoms with Crippen molar-refractivity contribution in [3.8, 4) is 0 Å². The van der Waals surface area contributed by atoms with E-state index in [4.69, 9.17) is 124 Å². The zero-order valence-corrected chi connectivity index (χ0v) is 52.1. The molecule has 0 aromatic heterocycles. The molecule has 2 radical (unpaired) electrons. The van der Waals surface area contributed by atoms with Gasteiger partial charge in [0, 0.05) is 65.4 Å². The second kappa shape index (κ2) is 63.4. The molecule has 62 heavy (non-hydrogen) atoms. The summed E-state index contributed by atoms with van der Waals surface area (Å²) in [7, 11) is 0. The molecule has 0 unspecified atom stereocenters. The van der Waals surface area contributed by atoms with Crippen LogP contribution in [0.15, 0.2) is 0 Å².